The third kappa shape index (κ3) is 6.52. The van der Waals surface area contributed by atoms with Gasteiger partial charge in [0, 0.05) is 56.6 Å². The molecule has 0 unspecified atom stereocenters. The van der Waals surface area contributed by atoms with Crippen LogP contribution < -0.4 is 30.9 Å². The summed E-state index contributed by atoms with van der Waals surface area (Å²) in [7, 11) is 1.65. The number of nitrogens with zero attached hydrogens (tertiary/aromatic N) is 3. The molecule has 1 fully saturated rings. The van der Waals surface area contributed by atoms with Crippen LogP contribution in [0.3, 0.4) is 0 Å². The second-order valence-electron chi connectivity index (χ2n) is 8.09. The summed E-state index contributed by atoms with van der Waals surface area (Å²) in [5, 5.41) is 13.1. The Kier molecular flexibility index (Phi) is 8.23. The lowest BCUT2D eigenvalue weighted by atomic mass is 10.2. The molecule has 1 aromatic heterocycles. The molecule has 0 radical (unpaired) electrons. The molecular formula is C25H30ClN7O2. The Morgan fingerprint density at radius 1 is 1.20 bits per heavy atom. The van der Waals surface area contributed by atoms with E-state index in [0.717, 1.165) is 48.8 Å². The van der Waals surface area contributed by atoms with Crippen molar-refractivity contribution < 1.29 is 9.53 Å². The molecule has 0 saturated carbocycles. The van der Waals surface area contributed by atoms with Crippen LogP contribution in [0.25, 0.3) is 0 Å². The second-order valence-corrected chi connectivity index (χ2v) is 8.50. The van der Waals surface area contributed by atoms with Gasteiger partial charge < -0.3 is 30.9 Å². The van der Waals surface area contributed by atoms with Crippen LogP contribution in [-0.4, -0.2) is 49.2 Å². The molecule has 0 aliphatic carbocycles. The number of benzene rings is 2. The van der Waals surface area contributed by atoms with Gasteiger partial charge in [-0.3, -0.25) is 4.79 Å². The van der Waals surface area contributed by atoms with Gasteiger partial charge in [-0.1, -0.05) is 30.7 Å². The number of ether oxygens (including phenoxy) is 1. The number of piperazine rings is 1. The molecule has 2 heterocycles. The van der Waals surface area contributed by atoms with E-state index in [2.05, 4.69) is 42.2 Å². The average molecular weight is 496 g/mol. The molecular weight excluding hydrogens is 466 g/mol. The average Bonchev–Trinajstić information content (AvgIpc) is 2.89. The van der Waals surface area contributed by atoms with Gasteiger partial charge in [-0.25, -0.2) is 4.98 Å². The lowest BCUT2D eigenvalue weighted by molar-refractivity contribution is -0.115. The van der Waals surface area contributed by atoms with E-state index in [-0.39, 0.29) is 5.91 Å². The second kappa shape index (κ2) is 11.7. The summed E-state index contributed by atoms with van der Waals surface area (Å²) in [5.74, 6) is 1.58. The molecule has 1 aliphatic heterocycles. The Morgan fingerprint density at radius 2 is 2.03 bits per heavy atom. The Labute approximate surface area is 210 Å². The summed E-state index contributed by atoms with van der Waals surface area (Å²) in [6, 6.07) is 13.7. The van der Waals surface area contributed by atoms with Crippen molar-refractivity contribution in [3.05, 3.63) is 59.2 Å². The fraction of sp³-hybridized carbons (Fsp3) is 0.320. The van der Waals surface area contributed by atoms with E-state index in [1.165, 1.54) is 0 Å². The number of anilines is 5. The first-order valence-corrected chi connectivity index (χ1v) is 12.0. The highest BCUT2D eigenvalue weighted by molar-refractivity contribution is 6.32. The van der Waals surface area contributed by atoms with Crippen LogP contribution in [-0.2, 0) is 11.3 Å². The SMILES string of the molecule is CCC(=O)Nc1cccc(CNc2nc(Nc3ccc(N4CCNCC4)cc3OC)ncc2Cl)c1. The molecule has 9 nitrogen and oxygen atoms in total. The zero-order valence-electron chi connectivity index (χ0n) is 19.9. The smallest absolute Gasteiger partial charge is 0.229 e. The summed E-state index contributed by atoms with van der Waals surface area (Å²) in [6.07, 6.45) is 1.98. The van der Waals surface area contributed by atoms with Crippen LogP contribution in [0.1, 0.15) is 18.9 Å². The van der Waals surface area contributed by atoms with E-state index in [9.17, 15) is 4.79 Å². The van der Waals surface area contributed by atoms with Crippen molar-refractivity contribution in [3.8, 4) is 5.75 Å². The normalized spacial score (nSPS) is 13.3. The molecule has 0 atom stereocenters. The molecule has 0 spiro atoms. The highest BCUT2D eigenvalue weighted by atomic mass is 35.5. The van der Waals surface area contributed by atoms with E-state index in [0.29, 0.717) is 35.5 Å². The minimum atomic E-state index is -0.0268. The van der Waals surface area contributed by atoms with Crippen molar-refractivity contribution >= 4 is 46.3 Å². The lowest BCUT2D eigenvalue weighted by Crippen LogP contribution is -2.43. The van der Waals surface area contributed by atoms with Crippen LogP contribution in [0.2, 0.25) is 5.02 Å². The van der Waals surface area contributed by atoms with Crippen LogP contribution in [0.5, 0.6) is 5.75 Å². The first-order chi connectivity index (χ1) is 17.1. The van der Waals surface area contributed by atoms with Gasteiger partial charge in [0.2, 0.25) is 11.9 Å². The summed E-state index contributed by atoms with van der Waals surface area (Å²) in [5.41, 5.74) is 3.61. The van der Waals surface area contributed by atoms with Crippen molar-refractivity contribution in [3.63, 3.8) is 0 Å². The number of carbonyl (C=O) groups is 1. The molecule has 1 saturated heterocycles. The number of nitrogens with one attached hydrogen (secondary N) is 4. The van der Waals surface area contributed by atoms with E-state index in [4.69, 9.17) is 16.3 Å². The maximum Gasteiger partial charge on any atom is 0.229 e. The third-order valence-corrected chi connectivity index (χ3v) is 5.93. The first kappa shape index (κ1) is 24.6. The fourth-order valence-electron chi connectivity index (χ4n) is 3.77. The van der Waals surface area contributed by atoms with Gasteiger partial charge in [-0.15, -0.1) is 0 Å². The van der Waals surface area contributed by atoms with Gasteiger partial charge in [0.05, 0.1) is 19.0 Å². The molecule has 10 heteroatoms. The number of rotatable bonds is 9. The van der Waals surface area contributed by atoms with E-state index < -0.39 is 0 Å². The number of hydrogen-bond acceptors (Lipinski definition) is 8. The van der Waals surface area contributed by atoms with Crippen molar-refractivity contribution in [2.24, 2.45) is 0 Å². The third-order valence-electron chi connectivity index (χ3n) is 5.65. The molecule has 1 amide bonds. The predicted molar refractivity (Wildman–Crippen MR) is 141 cm³/mol. The topological polar surface area (TPSA) is 103 Å². The number of halogens is 1. The zero-order valence-corrected chi connectivity index (χ0v) is 20.7. The predicted octanol–water partition coefficient (Wildman–Crippen LogP) is 4.25. The quantitative estimate of drug-likeness (QED) is 0.349. The van der Waals surface area contributed by atoms with Gasteiger partial charge >= 0.3 is 0 Å². The molecule has 4 N–H and O–H groups in total. The van der Waals surface area contributed by atoms with Crippen molar-refractivity contribution in [2.45, 2.75) is 19.9 Å². The van der Waals surface area contributed by atoms with Gasteiger partial charge in [-0.05, 0) is 29.8 Å². The van der Waals surface area contributed by atoms with Crippen molar-refractivity contribution in [2.75, 3.05) is 54.1 Å². The molecule has 0 bridgehead atoms. The number of hydrogen-bond donors (Lipinski definition) is 4. The Bertz CT molecular complexity index is 1170. The first-order valence-electron chi connectivity index (χ1n) is 11.6. The maximum absolute atomic E-state index is 11.7. The maximum atomic E-state index is 11.7. The number of aromatic nitrogens is 2. The van der Waals surface area contributed by atoms with Gasteiger partial charge in [-0.2, -0.15) is 4.98 Å². The lowest BCUT2D eigenvalue weighted by Gasteiger charge is -2.30. The van der Waals surface area contributed by atoms with Crippen molar-refractivity contribution in [1.29, 1.82) is 0 Å². The van der Waals surface area contributed by atoms with Gasteiger partial charge in [0.15, 0.2) is 5.82 Å². The van der Waals surface area contributed by atoms with Gasteiger partial charge in [0.25, 0.3) is 0 Å². The van der Waals surface area contributed by atoms with Crippen LogP contribution >= 0.6 is 11.6 Å². The molecule has 184 valence electrons. The number of methoxy groups -OCH3 is 1. The Morgan fingerprint density at radius 3 is 2.80 bits per heavy atom. The summed E-state index contributed by atoms with van der Waals surface area (Å²) in [4.78, 5) is 22.9. The molecule has 4 rings (SSSR count). The fourth-order valence-corrected chi connectivity index (χ4v) is 3.93. The van der Waals surface area contributed by atoms with E-state index in [1.807, 2.05) is 43.3 Å². The summed E-state index contributed by atoms with van der Waals surface area (Å²) in [6.45, 7) is 6.15. The molecule has 3 aromatic rings. The van der Waals surface area contributed by atoms with E-state index >= 15 is 0 Å². The van der Waals surface area contributed by atoms with Gasteiger partial charge in [0.1, 0.15) is 10.8 Å². The summed E-state index contributed by atoms with van der Waals surface area (Å²) >= 11 is 6.34. The molecule has 1 aliphatic rings. The van der Waals surface area contributed by atoms with Crippen molar-refractivity contribution in [1.82, 2.24) is 15.3 Å². The highest BCUT2D eigenvalue weighted by Gasteiger charge is 2.14. The Balaban J connectivity index is 1.45. The largest absolute Gasteiger partial charge is 0.494 e. The Hall–Kier alpha value is -3.56. The van der Waals surface area contributed by atoms with Crippen LogP contribution in [0.15, 0.2) is 48.7 Å². The molecule has 35 heavy (non-hydrogen) atoms. The monoisotopic (exact) mass is 495 g/mol. The minimum Gasteiger partial charge on any atom is -0.494 e. The summed E-state index contributed by atoms with van der Waals surface area (Å²) < 4.78 is 5.62. The zero-order chi connectivity index (χ0) is 24.6. The number of carbonyl (C=O) groups excluding carboxylic acids is 1. The standard InChI is InChI=1S/C25H30ClN7O2/c1-3-23(34)30-18-6-4-5-17(13-18)15-28-24-20(26)16-29-25(32-24)31-21-8-7-19(14-22(21)35-2)33-11-9-27-10-12-33/h4-8,13-14,16,27H,3,9-12,15H2,1-2H3,(H,30,34)(H2,28,29,31,32). The van der Waals surface area contributed by atoms with E-state index in [1.54, 1.807) is 13.3 Å². The minimum absolute atomic E-state index is 0.0268. The highest BCUT2D eigenvalue weighted by Crippen LogP contribution is 2.32. The molecule has 2 aromatic carbocycles. The van der Waals surface area contributed by atoms with Crippen LogP contribution in [0, 0.1) is 0 Å². The van der Waals surface area contributed by atoms with Crippen LogP contribution in [0.4, 0.5) is 28.8 Å². The number of amides is 1.